The number of anilines is 1. The molecule has 0 aliphatic rings. The highest BCUT2D eigenvalue weighted by Crippen LogP contribution is 2.27. The molecule has 0 aliphatic heterocycles. The molecule has 0 saturated carbocycles. The van der Waals surface area contributed by atoms with Crippen molar-refractivity contribution in [2.24, 2.45) is 5.92 Å². The molecule has 7 nitrogen and oxygen atoms in total. The maximum absolute atomic E-state index is 14.5. The number of nitrogens with zero attached hydrogens (tertiary/aromatic N) is 2. The predicted octanol–water partition coefficient (Wildman–Crippen LogP) is 7.05. The monoisotopic (exact) mass is 683 g/mol. The Morgan fingerprint density at radius 3 is 2.11 bits per heavy atom. The van der Waals surface area contributed by atoms with Gasteiger partial charge in [0.15, 0.2) is 0 Å². The molecule has 0 spiro atoms. The van der Waals surface area contributed by atoms with Crippen molar-refractivity contribution in [3.63, 3.8) is 0 Å². The normalized spacial score (nSPS) is 12.1. The van der Waals surface area contributed by atoms with Crippen LogP contribution in [0.25, 0.3) is 0 Å². The number of nitrogens with one attached hydrogen (secondary N) is 1. The second-order valence-electron chi connectivity index (χ2n) is 11.4. The lowest BCUT2D eigenvalue weighted by Crippen LogP contribution is -2.53. The van der Waals surface area contributed by atoms with Crippen LogP contribution in [0.4, 0.5) is 10.1 Å². The summed E-state index contributed by atoms with van der Waals surface area (Å²) in [6.45, 7) is 5.40. The van der Waals surface area contributed by atoms with E-state index in [-0.39, 0.29) is 40.4 Å². The van der Waals surface area contributed by atoms with Crippen LogP contribution in [0.1, 0.15) is 30.5 Å². The summed E-state index contributed by atoms with van der Waals surface area (Å²) in [7, 11) is -4.30. The highest BCUT2D eigenvalue weighted by molar-refractivity contribution is 7.92. The third-order valence-electron chi connectivity index (χ3n) is 7.30. The fourth-order valence-electron chi connectivity index (χ4n) is 4.78. The Hall–Kier alpha value is -3.92. The SMILES string of the molecule is Cc1ccc(S(=O)(=O)N(CC(=O)N(Cc2ccc(Cl)c(Cl)c2)[C@H](Cc2ccccc2)C(=O)NCC(C)C)c2ccc(F)cc2)cc1. The number of rotatable bonds is 13. The fourth-order valence-corrected chi connectivity index (χ4v) is 6.52. The van der Waals surface area contributed by atoms with Gasteiger partial charge in [-0.2, -0.15) is 0 Å². The molecule has 11 heteroatoms. The molecule has 4 rings (SSSR count). The Balaban J connectivity index is 1.81. The van der Waals surface area contributed by atoms with E-state index in [0.29, 0.717) is 17.1 Å². The van der Waals surface area contributed by atoms with Crippen LogP contribution in [0, 0.1) is 18.7 Å². The van der Waals surface area contributed by atoms with E-state index in [4.69, 9.17) is 23.2 Å². The van der Waals surface area contributed by atoms with Crippen LogP contribution in [0.5, 0.6) is 0 Å². The molecule has 242 valence electrons. The lowest BCUT2D eigenvalue weighted by atomic mass is 10.0. The van der Waals surface area contributed by atoms with Crippen LogP contribution in [0.2, 0.25) is 10.0 Å². The van der Waals surface area contributed by atoms with Crippen LogP contribution in [0.15, 0.2) is 102 Å². The quantitative estimate of drug-likeness (QED) is 0.164. The van der Waals surface area contributed by atoms with Crippen molar-refractivity contribution in [1.29, 1.82) is 0 Å². The third kappa shape index (κ3) is 9.09. The van der Waals surface area contributed by atoms with E-state index in [1.54, 1.807) is 30.3 Å². The van der Waals surface area contributed by atoms with Gasteiger partial charge >= 0.3 is 0 Å². The number of sulfonamides is 1. The van der Waals surface area contributed by atoms with Crippen LogP contribution >= 0.6 is 23.2 Å². The minimum absolute atomic E-state index is 0.0400. The Bertz CT molecular complexity index is 1750. The largest absolute Gasteiger partial charge is 0.354 e. The van der Waals surface area contributed by atoms with Crippen molar-refractivity contribution in [1.82, 2.24) is 10.2 Å². The molecule has 0 radical (unpaired) electrons. The van der Waals surface area contributed by atoms with E-state index in [2.05, 4.69) is 5.32 Å². The Labute approximate surface area is 280 Å². The first-order valence-electron chi connectivity index (χ1n) is 14.7. The van der Waals surface area contributed by atoms with Crippen molar-refractivity contribution < 1.29 is 22.4 Å². The zero-order valence-corrected chi connectivity index (χ0v) is 28.1. The summed E-state index contributed by atoms with van der Waals surface area (Å²) in [5.74, 6) is -1.45. The maximum atomic E-state index is 14.5. The molecular formula is C35H36Cl2FN3O4S. The van der Waals surface area contributed by atoms with Gasteiger partial charge in [0.05, 0.1) is 20.6 Å². The average molecular weight is 685 g/mol. The number of hydrogen-bond donors (Lipinski definition) is 1. The molecule has 46 heavy (non-hydrogen) atoms. The molecule has 4 aromatic rings. The average Bonchev–Trinajstić information content (AvgIpc) is 3.03. The van der Waals surface area contributed by atoms with Crippen LogP contribution < -0.4 is 9.62 Å². The molecule has 0 saturated heterocycles. The van der Waals surface area contributed by atoms with Crippen molar-refractivity contribution in [2.45, 2.75) is 44.7 Å². The Morgan fingerprint density at radius 2 is 1.50 bits per heavy atom. The molecule has 2 amide bonds. The van der Waals surface area contributed by atoms with Gasteiger partial charge in [-0.1, -0.05) is 91.1 Å². The molecule has 0 bridgehead atoms. The minimum atomic E-state index is -4.30. The molecule has 1 atom stereocenters. The van der Waals surface area contributed by atoms with Gasteiger partial charge in [-0.25, -0.2) is 12.8 Å². The number of halogens is 3. The van der Waals surface area contributed by atoms with Crippen LogP contribution in [0.3, 0.4) is 0 Å². The molecular weight excluding hydrogens is 648 g/mol. The molecule has 0 fully saturated rings. The van der Waals surface area contributed by atoms with Gasteiger partial charge < -0.3 is 10.2 Å². The van der Waals surface area contributed by atoms with Crippen molar-refractivity contribution >= 4 is 50.7 Å². The van der Waals surface area contributed by atoms with Gasteiger partial charge in [0.1, 0.15) is 18.4 Å². The first kappa shape index (κ1) is 34.9. The summed E-state index contributed by atoms with van der Waals surface area (Å²) in [5.41, 5.74) is 2.34. The summed E-state index contributed by atoms with van der Waals surface area (Å²) < 4.78 is 43.0. The summed E-state index contributed by atoms with van der Waals surface area (Å²) in [4.78, 5) is 29.6. The second kappa shape index (κ2) is 15.6. The number of amides is 2. The second-order valence-corrected chi connectivity index (χ2v) is 14.1. The first-order valence-corrected chi connectivity index (χ1v) is 16.9. The van der Waals surface area contributed by atoms with Crippen molar-refractivity contribution in [3.8, 4) is 0 Å². The number of carbonyl (C=O) groups excluding carboxylic acids is 2. The van der Waals surface area contributed by atoms with Crippen LogP contribution in [-0.4, -0.2) is 44.3 Å². The summed E-state index contributed by atoms with van der Waals surface area (Å²) in [6.07, 6.45) is 0.166. The van der Waals surface area contributed by atoms with E-state index in [9.17, 15) is 22.4 Å². The predicted molar refractivity (Wildman–Crippen MR) is 181 cm³/mol. The summed E-state index contributed by atoms with van der Waals surface area (Å²) >= 11 is 12.5. The highest BCUT2D eigenvalue weighted by atomic mass is 35.5. The summed E-state index contributed by atoms with van der Waals surface area (Å²) in [6, 6.07) is 24.2. The van der Waals surface area contributed by atoms with E-state index in [0.717, 1.165) is 27.6 Å². The molecule has 0 aliphatic carbocycles. The first-order chi connectivity index (χ1) is 21.8. The number of hydrogen-bond acceptors (Lipinski definition) is 4. The van der Waals surface area contributed by atoms with Crippen LogP contribution in [-0.2, 0) is 32.6 Å². The summed E-state index contributed by atoms with van der Waals surface area (Å²) in [5, 5.41) is 3.54. The number of aryl methyl sites for hydroxylation is 1. The van der Waals surface area contributed by atoms with Crippen molar-refractivity contribution in [3.05, 3.63) is 130 Å². The van der Waals surface area contributed by atoms with Gasteiger partial charge in [0.25, 0.3) is 10.0 Å². The van der Waals surface area contributed by atoms with Gasteiger partial charge in [0.2, 0.25) is 11.8 Å². The molecule has 0 unspecified atom stereocenters. The number of carbonyl (C=O) groups is 2. The fraction of sp³-hybridized carbons (Fsp3) is 0.257. The van der Waals surface area contributed by atoms with Gasteiger partial charge in [-0.3, -0.25) is 13.9 Å². The standard InChI is InChI=1S/C35H36Cl2FN3O4S/c1-24(2)21-39-35(43)33(20-26-7-5-4-6-8-26)40(22-27-11-18-31(36)32(37)19-27)34(42)23-41(29-14-12-28(38)13-15-29)46(44,45)30-16-9-25(3)10-17-30/h4-19,24,33H,20-23H2,1-3H3,(H,39,43)/t33-/m1/s1. The topological polar surface area (TPSA) is 86.8 Å². The lowest BCUT2D eigenvalue weighted by Gasteiger charge is -2.34. The van der Waals surface area contributed by atoms with E-state index < -0.39 is 34.3 Å². The van der Waals surface area contributed by atoms with E-state index >= 15 is 0 Å². The zero-order valence-electron chi connectivity index (χ0n) is 25.8. The van der Waals surface area contributed by atoms with Gasteiger partial charge in [0, 0.05) is 19.5 Å². The highest BCUT2D eigenvalue weighted by Gasteiger charge is 2.34. The molecule has 1 N–H and O–H groups in total. The van der Waals surface area contributed by atoms with Gasteiger partial charge in [-0.15, -0.1) is 0 Å². The van der Waals surface area contributed by atoms with E-state index in [1.165, 1.54) is 29.2 Å². The smallest absolute Gasteiger partial charge is 0.264 e. The lowest BCUT2D eigenvalue weighted by molar-refractivity contribution is -0.140. The molecule has 0 aromatic heterocycles. The number of benzene rings is 4. The molecule has 4 aromatic carbocycles. The molecule has 0 heterocycles. The zero-order chi connectivity index (χ0) is 33.4. The Morgan fingerprint density at radius 1 is 0.848 bits per heavy atom. The third-order valence-corrected chi connectivity index (χ3v) is 9.82. The Kier molecular flexibility index (Phi) is 11.8. The minimum Gasteiger partial charge on any atom is -0.354 e. The van der Waals surface area contributed by atoms with Gasteiger partial charge in [-0.05, 0) is 72.5 Å². The maximum Gasteiger partial charge on any atom is 0.264 e. The van der Waals surface area contributed by atoms with Crippen molar-refractivity contribution in [2.75, 3.05) is 17.4 Å². The van der Waals surface area contributed by atoms with E-state index in [1.807, 2.05) is 51.1 Å².